The molecule has 17 heavy (non-hydrogen) atoms. The van der Waals surface area contributed by atoms with E-state index in [-0.39, 0.29) is 5.41 Å². The van der Waals surface area contributed by atoms with Crippen molar-refractivity contribution < 1.29 is 4.52 Å². The lowest BCUT2D eigenvalue weighted by Crippen LogP contribution is -2.47. The zero-order chi connectivity index (χ0) is 12.7. The molecule has 0 atom stereocenters. The van der Waals surface area contributed by atoms with E-state index >= 15 is 0 Å². The molecule has 5 heteroatoms. The fourth-order valence-corrected chi connectivity index (χ4v) is 1.97. The Morgan fingerprint density at radius 2 is 1.88 bits per heavy atom. The second-order valence-electron chi connectivity index (χ2n) is 6.13. The Balaban J connectivity index is 2.20. The Labute approximate surface area is 102 Å². The minimum Gasteiger partial charge on any atom is -0.339 e. The molecule has 1 aromatic heterocycles. The number of nitrogens with two attached hydrogens (primary N) is 1. The molecule has 1 fully saturated rings. The van der Waals surface area contributed by atoms with Gasteiger partial charge in [-0.05, 0) is 19.9 Å². The van der Waals surface area contributed by atoms with E-state index in [4.69, 9.17) is 10.3 Å². The first-order valence-electron chi connectivity index (χ1n) is 6.13. The van der Waals surface area contributed by atoms with Crippen molar-refractivity contribution in [3.8, 4) is 0 Å². The van der Waals surface area contributed by atoms with Gasteiger partial charge in [0.1, 0.15) is 0 Å². The average molecular weight is 238 g/mol. The summed E-state index contributed by atoms with van der Waals surface area (Å²) in [5.41, 5.74) is 5.85. The van der Waals surface area contributed by atoms with Gasteiger partial charge in [-0.15, -0.1) is 0 Å². The summed E-state index contributed by atoms with van der Waals surface area (Å²) in [6.07, 6.45) is 1.76. The zero-order valence-electron chi connectivity index (χ0n) is 11.2. The van der Waals surface area contributed by atoms with Crippen molar-refractivity contribution in [2.75, 3.05) is 20.1 Å². The van der Waals surface area contributed by atoms with Crippen LogP contribution in [0.5, 0.6) is 0 Å². The lowest BCUT2D eigenvalue weighted by Gasteiger charge is -2.35. The molecule has 1 aliphatic rings. The van der Waals surface area contributed by atoms with Crippen molar-refractivity contribution in [2.24, 2.45) is 5.73 Å². The molecule has 96 valence electrons. The van der Waals surface area contributed by atoms with Gasteiger partial charge in [0, 0.05) is 18.5 Å². The van der Waals surface area contributed by atoms with Crippen molar-refractivity contribution in [2.45, 2.75) is 44.6 Å². The van der Waals surface area contributed by atoms with E-state index in [0.717, 1.165) is 25.9 Å². The van der Waals surface area contributed by atoms with E-state index in [9.17, 15) is 0 Å². The van der Waals surface area contributed by atoms with Crippen LogP contribution in [-0.2, 0) is 11.0 Å². The van der Waals surface area contributed by atoms with Crippen molar-refractivity contribution in [1.82, 2.24) is 15.0 Å². The van der Waals surface area contributed by atoms with E-state index in [0.29, 0.717) is 11.7 Å². The van der Waals surface area contributed by atoms with Gasteiger partial charge in [0.25, 0.3) is 0 Å². The zero-order valence-corrected chi connectivity index (χ0v) is 11.2. The molecule has 0 saturated carbocycles. The highest BCUT2D eigenvalue weighted by Crippen LogP contribution is 2.29. The minimum absolute atomic E-state index is 0.118. The normalized spacial score (nSPS) is 21.7. The molecule has 0 unspecified atom stereocenters. The number of likely N-dealkylation sites (tertiary alicyclic amines) is 1. The van der Waals surface area contributed by atoms with Gasteiger partial charge in [-0.25, -0.2) is 0 Å². The van der Waals surface area contributed by atoms with Crippen molar-refractivity contribution in [1.29, 1.82) is 0 Å². The summed E-state index contributed by atoms with van der Waals surface area (Å²) in [4.78, 5) is 6.75. The molecule has 0 amide bonds. The molecule has 0 radical (unpaired) electrons. The number of hydrogen-bond acceptors (Lipinski definition) is 5. The molecule has 2 N–H and O–H groups in total. The molecule has 1 aliphatic heterocycles. The Kier molecular flexibility index (Phi) is 2.99. The van der Waals surface area contributed by atoms with E-state index in [2.05, 4.69) is 42.9 Å². The SMILES string of the molecule is CN1CCC(N)(c2noc(C(C)(C)C)n2)CC1. The van der Waals surface area contributed by atoms with Crippen LogP contribution in [0.3, 0.4) is 0 Å². The van der Waals surface area contributed by atoms with Crippen LogP contribution in [0.2, 0.25) is 0 Å². The molecule has 1 saturated heterocycles. The van der Waals surface area contributed by atoms with Gasteiger partial charge >= 0.3 is 0 Å². The molecule has 0 bridgehead atoms. The summed E-state index contributed by atoms with van der Waals surface area (Å²) in [6.45, 7) is 8.14. The van der Waals surface area contributed by atoms with Gasteiger partial charge in [0.05, 0.1) is 5.54 Å². The van der Waals surface area contributed by atoms with Crippen LogP contribution in [0, 0.1) is 0 Å². The van der Waals surface area contributed by atoms with Crippen molar-refractivity contribution in [3.05, 3.63) is 11.7 Å². The van der Waals surface area contributed by atoms with E-state index in [1.807, 2.05) is 0 Å². The van der Waals surface area contributed by atoms with Gasteiger partial charge in [0.2, 0.25) is 5.89 Å². The molecule has 2 rings (SSSR count). The monoisotopic (exact) mass is 238 g/mol. The standard InChI is InChI=1S/C12H22N4O/c1-11(2,3)10-14-9(15-17-10)12(13)5-7-16(4)8-6-12/h5-8,13H2,1-4H3. The summed E-state index contributed by atoms with van der Waals surface area (Å²) >= 11 is 0. The van der Waals surface area contributed by atoms with Gasteiger partial charge in [-0.3, -0.25) is 0 Å². The highest BCUT2D eigenvalue weighted by molar-refractivity contribution is 5.08. The smallest absolute Gasteiger partial charge is 0.232 e. The number of aromatic nitrogens is 2. The maximum atomic E-state index is 6.39. The molecule has 0 aromatic carbocycles. The Morgan fingerprint density at radius 1 is 1.29 bits per heavy atom. The van der Waals surface area contributed by atoms with E-state index < -0.39 is 5.54 Å². The summed E-state index contributed by atoms with van der Waals surface area (Å²) in [5.74, 6) is 1.33. The van der Waals surface area contributed by atoms with Crippen LogP contribution < -0.4 is 5.73 Å². The molecule has 5 nitrogen and oxygen atoms in total. The van der Waals surface area contributed by atoms with Crippen LogP contribution in [0.4, 0.5) is 0 Å². The van der Waals surface area contributed by atoms with Crippen LogP contribution in [-0.4, -0.2) is 35.2 Å². The van der Waals surface area contributed by atoms with Crippen LogP contribution in [0.25, 0.3) is 0 Å². The van der Waals surface area contributed by atoms with Crippen LogP contribution in [0.15, 0.2) is 4.52 Å². The molecule has 0 spiro atoms. The summed E-state index contributed by atoms with van der Waals surface area (Å²) in [5, 5.41) is 4.07. The Bertz CT molecular complexity index is 385. The van der Waals surface area contributed by atoms with Gasteiger partial charge in [0.15, 0.2) is 5.82 Å². The largest absolute Gasteiger partial charge is 0.339 e. The fraction of sp³-hybridized carbons (Fsp3) is 0.833. The second-order valence-corrected chi connectivity index (χ2v) is 6.13. The lowest BCUT2D eigenvalue weighted by atomic mass is 9.88. The van der Waals surface area contributed by atoms with Crippen molar-refractivity contribution >= 4 is 0 Å². The number of hydrogen-bond donors (Lipinski definition) is 1. The number of rotatable bonds is 1. The molecular weight excluding hydrogens is 216 g/mol. The highest BCUT2D eigenvalue weighted by Gasteiger charge is 2.37. The third kappa shape index (κ3) is 2.50. The third-order valence-corrected chi connectivity index (χ3v) is 3.39. The lowest BCUT2D eigenvalue weighted by molar-refractivity contribution is 0.180. The first kappa shape index (κ1) is 12.5. The van der Waals surface area contributed by atoms with Gasteiger partial charge in [-0.2, -0.15) is 4.98 Å². The maximum Gasteiger partial charge on any atom is 0.232 e. The summed E-state index contributed by atoms with van der Waals surface area (Å²) in [6, 6.07) is 0. The molecule has 2 heterocycles. The fourth-order valence-electron chi connectivity index (χ4n) is 1.97. The first-order valence-corrected chi connectivity index (χ1v) is 6.13. The van der Waals surface area contributed by atoms with Crippen molar-refractivity contribution in [3.63, 3.8) is 0 Å². The van der Waals surface area contributed by atoms with E-state index in [1.54, 1.807) is 0 Å². The predicted octanol–water partition coefficient (Wildman–Crippen LogP) is 1.25. The van der Waals surface area contributed by atoms with Crippen LogP contribution in [0.1, 0.15) is 45.3 Å². The summed E-state index contributed by atoms with van der Waals surface area (Å²) < 4.78 is 5.32. The quantitative estimate of drug-likeness (QED) is 0.797. The topological polar surface area (TPSA) is 68.2 Å². The third-order valence-electron chi connectivity index (χ3n) is 3.39. The molecular formula is C12H22N4O. The number of nitrogens with zero attached hydrogens (tertiary/aromatic N) is 3. The van der Waals surface area contributed by atoms with Crippen LogP contribution >= 0.6 is 0 Å². The highest BCUT2D eigenvalue weighted by atomic mass is 16.5. The molecule has 1 aromatic rings. The maximum absolute atomic E-state index is 6.39. The average Bonchev–Trinajstić information content (AvgIpc) is 2.72. The first-order chi connectivity index (χ1) is 7.81. The Morgan fingerprint density at radius 3 is 2.35 bits per heavy atom. The van der Waals surface area contributed by atoms with Gasteiger partial charge in [-0.1, -0.05) is 25.9 Å². The van der Waals surface area contributed by atoms with Gasteiger partial charge < -0.3 is 15.2 Å². The number of piperidine rings is 1. The minimum atomic E-state index is -0.417. The second kappa shape index (κ2) is 4.07. The predicted molar refractivity (Wildman–Crippen MR) is 65.6 cm³/mol. The summed E-state index contributed by atoms with van der Waals surface area (Å²) in [7, 11) is 2.11. The van der Waals surface area contributed by atoms with E-state index in [1.165, 1.54) is 0 Å². The Hall–Kier alpha value is -0.940. The molecule has 0 aliphatic carbocycles.